The SMILES string of the molecule is CCS(=O)CCNCc1c(C(=O)O)sc2ccccc12. The molecule has 0 radical (unpaired) electrons. The monoisotopic (exact) mass is 311 g/mol. The highest BCUT2D eigenvalue weighted by molar-refractivity contribution is 7.84. The number of thiophene rings is 1. The van der Waals surface area contributed by atoms with Crippen LogP contribution in [-0.4, -0.2) is 33.3 Å². The van der Waals surface area contributed by atoms with Crippen LogP contribution in [0, 0.1) is 0 Å². The molecule has 1 aromatic heterocycles. The average Bonchev–Trinajstić information content (AvgIpc) is 2.82. The highest BCUT2D eigenvalue weighted by atomic mass is 32.2. The summed E-state index contributed by atoms with van der Waals surface area (Å²) in [6.45, 7) is 3.02. The standard InChI is InChI=1S/C14H17NO3S2/c1-2-20(18)8-7-15-9-11-10-5-3-4-6-12(10)19-13(11)14(16)17/h3-6,15H,2,7-9H2,1H3,(H,16,17). The zero-order valence-corrected chi connectivity index (χ0v) is 12.9. The van der Waals surface area contributed by atoms with Crippen molar-refractivity contribution in [2.75, 3.05) is 18.1 Å². The lowest BCUT2D eigenvalue weighted by Gasteiger charge is -2.05. The van der Waals surface area contributed by atoms with Gasteiger partial charge in [0, 0.05) is 40.1 Å². The maximum Gasteiger partial charge on any atom is 0.346 e. The van der Waals surface area contributed by atoms with Crippen molar-refractivity contribution in [2.45, 2.75) is 13.5 Å². The number of rotatable bonds is 7. The first-order valence-electron chi connectivity index (χ1n) is 6.43. The van der Waals surface area contributed by atoms with Gasteiger partial charge in [-0.1, -0.05) is 25.1 Å². The summed E-state index contributed by atoms with van der Waals surface area (Å²) in [6.07, 6.45) is 0. The Hall–Kier alpha value is -1.24. The van der Waals surface area contributed by atoms with Crippen LogP contribution in [0.1, 0.15) is 22.2 Å². The maximum absolute atomic E-state index is 11.3. The fourth-order valence-corrected chi connectivity index (χ4v) is 3.71. The molecular formula is C14H17NO3S2. The Labute approximate surface area is 124 Å². The first kappa shape index (κ1) is 15.2. The fourth-order valence-electron chi connectivity index (χ4n) is 1.99. The molecule has 0 fully saturated rings. The number of nitrogens with one attached hydrogen (secondary N) is 1. The van der Waals surface area contributed by atoms with Gasteiger partial charge in [-0.15, -0.1) is 11.3 Å². The second kappa shape index (κ2) is 6.97. The minimum absolute atomic E-state index is 0.385. The average molecular weight is 311 g/mol. The molecule has 2 aromatic rings. The van der Waals surface area contributed by atoms with E-state index in [1.807, 2.05) is 31.2 Å². The number of fused-ring (bicyclic) bond motifs is 1. The van der Waals surface area contributed by atoms with E-state index in [0.29, 0.717) is 29.5 Å². The van der Waals surface area contributed by atoms with Gasteiger partial charge in [0.25, 0.3) is 0 Å². The third-order valence-electron chi connectivity index (χ3n) is 3.02. The van der Waals surface area contributed by atoms with Gasteiger partial charge in [-0.05, 0) is 17.0 Å². The van der Waals surface area contributed by atoms with Crippen LogP contribution in [0.3, 0.4) is 0 Å². The topological polar surface area (TPSA) is 66.4 Å². The van der Waals surface area contributed by atoms with Crippen LogP contribution < -0.4 is 5.32 Å². The molecule has 1 unspecified atom stereocenters. The van der Waals surface area contributed by atoms with Gasteiger partial charge in [0.2, 0.25) is 0 Å². The maximum atomic E-state index is 11.3. The van der Waals surface area contributed by atoms with Gasteiger partial charge in [-0.25, -0.2) is 4.79 Å². The molecule has 6 heteroatoms. The molecule has 2 rings (SSSR count). The van der Waals surface area contributed by atoms with Crippen molar-refractivity contribution < 1.29 is 14.1 Å². The molecular weight excluding hydrogens is 294 g/mol. The molecule has 0 spiro atoms. The zero-order chi connectivity index (χ0) is 14.5. The summed E-state index contributed by atoms with van der Waals surface area (Å²) < 4.78 is 12.3. The van der Waals surface area contributed by atoms with Crippen LogP contribution in [0.5, 0.6) is 0 Å². The Morgan fingerprint density at radius 1 is 1.40 bits per heavy atom. The Balaban J connectivity index is 2.13. The van der Waals surface area contributed by atoms with Crippen molar-refractivity contribution in [3.8, 4) is 0 Å². The predicted octanol–water partition coefficient (Wildman–Crippen LogP) is 2.46. The number of carboxylic acids is 1. The molecule has 1 heterocycles. The van der Waals surface area contributed by atoms with E-state index in [9.17, 15) is 14.1 Å². The summed E-state index contributed by atoms with van der Waals surface area (Å²) in [4.78, 5) is 11.7. The number of carbonyl (C=O) groups is 1. The van der Waals surface area contributed by atoms with Crippen molar-refractivity contribution in [3.05, 3.63) is 34.7 Å². The molecule has 0 amide bonds. The summed E-state index contributed by atoms with van der Waals surface area (Å²) in [7, 11) is -0.793. The van der Waals surface area contributed by atoms with Gasteiger partial charge < -0.3 is 10.4 Å². The lowest BCUT2D eigenvalue weighted by atomic mass is 10.1. The highest BCUT2D eigenvalue weighted by Crippen LogP contribution is 2.31. The number of carboxylic acid groups (broad SMARTS) is 1. The minimum Gasteiger partial charge on any atom is -0.477 e. The summed E-state index contributed by atoms with van der Waals surface area (Å²) >= 11 is 1.30. The molecule has 0 aliphatic rings. The molecule has 20 heavy (non-hydrogen) atoms. The van der Waals surface area contributed by atoms with E-state index in [4.69, 9.17) is 0 Å². The van der Waals surface area contributed by atoms with Crippen molar-refractivity contribution in [3.63, 3.8) is 0 Å². The second-order valence-corrected chi connectivity index (χ2v) is 7.24. The molecule has 1 aromatic carbocycles. The lowest BCUT2D eigenvalue weighted by Crippen LogP contribution is -2.21. The number of hydrogen-bond donors (Lipinski definition) is 2. The number of hydrogen-bond acceptors (Lipinski definition) is 4. The molecule has 0 bridgehead atoms. The van der Waals surface area contributed by atoms with E-state index < -0.39 is 16.8 Å². The molecule has 2 N–H and O–H groups in total. The molecule has 108 valence electrons. The summed E-state index contributed by atoms with van der Waals surface area (Å²) in [5.41, 5.74) is 0.820. The highest BCUT2D eigenvalue weighted by Gasteiger charge is 2.16. The van der Waals surface area contributed by atoms with Crippen LogP contribution in [0.4, 0.5) is 0 Å². The van der Waals surface area contributed by atoms with E-state index in [1.54, 1.807) is 0 Å². The summed E-state index contributed by atoms with van der Waals surface area (Å²) in [6, 6.07) is 7.70. The van der Waals surface area contributed by atoms with Gasteiger partial charge in [0.15, 0.2) is 0 Å². The van der Waals surface area contributed by atoms with Crippen molar-refractivity contribution in [1.29, 1.82) is 0 Å². The first-order chi connectivity index (χ1) is 9.63. The second-order valence-electron chi connectivity index (χ2n) is 4.32. The third kappa shape index (κ3) is 3.45. The van der Waals surface area contributed by atoms with Crippen LogP contribution in [-0.2, 0) is 17.3 Å². The molecule has 0 aliphatic carbocycles. The van der Waals surface area contributed by atoms with Gasteiger partial charge >= 0.3 is 5.97 Å². The van der Waals surface area contributed by atoms with E-state index in [0.717, 1.165) is 15.6 Å². The molecule has 0 saturated heterocycles. The van der Waals surface area contributed by atoms with Crippen LogP contribution in [0.25, 0.3) is 10.1 Å². The van der Waals surface area contributed by atoms with E-state index in [-0.39, 0.29) is 0 Å². The van der Waals surface area contributed by atoms with Gasteiger partial charge in [-0.3, -0.25) is 4.21 Å². The predicted molar refractivity (Wildman–Crippen MR) is 84.0 cm³/mol. The summed E-state index contributed by atoms with van der Waals surface area (Å²) in [5.74, 6) is 0.366. The molecule has 4 nitrogen and oxygen atoms in total. The van der Waals surface area contributed by atoms with Crippen LogP contribution in [0.15, 0.2) is 24.3 Å². The van der Waals surface area contributed by atoms with Crippen LogP contribution >= 0.6 is 11.3 Å². The van der Waals surface area contributed by atoms with E-state index in [1.165, 1.54) is 11.3 Å². The molecule has 0 saturated carbocycles. The normalized spacial score (nSPS) is 12.7. The van der Waals surface area contributed by atoms with Crippen molar-refractivity contribution in [2.24, 2.45) is 0 Å². The minimum atomic E-state index is -0.889. The first-order valence-corrected chi connectivity index (χ1v) is 8.73. The van der Waals surface area contributed by atoms with Gasteiger partial charge in [0.1, 0.15) is 4.88 Å². The Bertz CT molecular complexity index is 636. The van der Waals surface area contributed by atoms with E-state index >= 15 is 0 Å². The van der Waals surface area contributed by atoms with Gasteiger partial charge in [-0.2, -0.15) is 0 Å². The van der Waals surface area contributed by atoms with E-state index in [2.05, 4.69) is 5.32 Å². The molecule has 0 aliphatic heterocycles. The van der Waals surface area contributed by atoms with Crippen molar-refractivity contribution >= 4 is 38.2 Å². The van der Waals surface area contributed by atoms with Crippen LogP contribution in [0.2, 0.25) is 0 Å². The zero-order valence-electron chi connectivity index (χ0n) is 11.2. The number of benzene rings is 1. The third-order valence-corrected chi connectivity index (χ3v) is 5.53. The van der Waals surface area contributed by atoms with Crippen molar-refractivity contribution in [1.82, 2.24) is 5.32 Å². The Morgan fingerprint density at radius 3 is 2.85 bits per heavy atom. The van der Waals surface area contributed by atoms with Gasteiger partial charge in [0.05, 0.1) is 0 Å². The summed E-state index contributed by atoms with van der Waals surface area (Å²) in [5, 5.41) is 13.5. The largest absolute Gasteiger partial charge is 0.477 e. The molecule has 1 atom stereocenters. The number of aromatic carboxylic acids is 1. The fraction of sp³-hybridized carbons (Fsp3) is 0.357. The lowest BCUT2D eigenvalue weighted by molar-refractivity contribution is 0.0701. The quantitative estimate of drug-likeness (QED) is 0.771. The Kier molecular flexibility index (Phi) is 5.28. The smallest absolute Gasteiger partial charge is 0.346 e. The Morgan fingerprint density at radius 2 is 2.15 bits per heavy atom.